The van der Waals surface area contributed by atoms with Gasteiger partial charge in [-0.1, -0.05) is 45.8 Å². The molecule has 0 saturated carbocycles. The summed E-state index contributed by atoms with van der Waals surface area (Å²) in [5, 5.41) is 1.11. The topological polar surface area (TPSA) is 30.9 Å². The largest absolute Gasteiger partial charge is 0.497 e. The normalized spacial score (nSPS) is 12.1. The molecular formula is C26H31FNO3P. The maximum absolute atomic E-state index is 13.9. The molecule has 0 amide bonds. The van der Waals surface area contributed by atoms with Crippen LogP contribution in [-0.4, -0.2) is 28.3 Å². The fraction of sp³-hybridized carbons (Fsp3) is 0.308. The lowest BCUT2D eigenvalue weighted by Gasteiger charge is -2.25. The van der Waals surface area contributed by atoms with Crippen molar-refractivity contribution >= 4 is 19.6 Å². The molecule has 0 aromatic heterocycles. The zero-order chi connectivity index (χ0) is 23.1. The molecule has 170 valence electrons. The number of rotatable bonds is 10. The maximum Gasteiger partial charge on any atom is 0.165 e. The van der Waals surface area contributed by atoms with Gasteiger partial charge in [0.1, 0.15) is 18.2 Å². The van der Waals surface area contributed by atoms with Crippen LogP contribution in [0.3, 0.4) is 0 Å². The number of nitrogens with zero attached hydrogens (tertiary/aromatic N) is 1. The second kappa shape index (κ2) is 11.2. The van der Waals surface area contributed by atoms with E-state index in [-0.39, 0.29) is 11.5 Å². The van der Waals surface area contributed by atoms with Gasteiger partial charge in [-0.3, -0.25) is 0 Å². The summed E-state index contributed by atoms with van der Waals surface area (Å²) in [4.78, 5) is 1.96. The third kappa shape index (κ3) is 5.72. The molecule has 0 aliphatic rings. The highest BCUT2D eigenvalue weighted by molar-refractivity contribution is 7.48. The SMILES string of the molecule is CCC(Pc1ccc(F)cc1N(C)C)c1cc(OC)cc(OC)c1OCc1ccccc1. The maximum atomic E-state index is 13.9. The number of anilines is 1. The van der Waals surface area contributed by atoms with Gasteiger partial charge in [0, 0.05) is 37.1 Å². The van der Waals surface area contributed by atoms with Crippen LogP contribution < -0.4 is 24.4 Å². The third-order valence-corrected chi connectivity index (χ3v) is 7.10. The first-order chi connectivity index (χ1) is 15.5. The first kappa shape index (κ1) is 23.9. The summed E-state index contributed by atoms with van der Waals surface area (Å²) in [5.74, 6) is 1.86. The Labute approximate surface area is 192 Å². The number of hydrogen-bond donors (Lipinski definition) is 0. The van der Waals surface area contributed by atoms with Crippen LogP contribution in [0.5, 0.6) is 17.2 Å². The van der Waals surface area contributed by atoms with E-state index in [0.29, 0.717) is 20.9 Å². The molecule has 0 bridgehead atoms. The molecule has 3 aromatic carbocycles. The average molecular weight is 456 g/mol. The van der Waals surface area contributed by atoms with Gasteiger partial charge in [0.15, 0.2) is 11.5 Å². The van der Waals surface area contributed by atoms with Crippen molar-refractivity contribution in [1.82, 2.24) is 0 Å². The third-order valence-electron chi connectivity index (χ3n) is 5.29. The van der Waals surface area contributed by atoms with Crippen LogP contribution >= 0.6 is 8.58 Å². The number of hydrogen-bond acceptors (Lipinski definition) is 4. The molecule has 0 radical (unpaired) electrons. The molecule has 0 N–H and O–H groups in total. The second-order valence-corrected chi connectivity index (χ2v) is 9.21. The van der Waals surface area contributed by atoms with Crippen LogP contribution in [0.25, 0.3) is 0 Å². The minimum atomic E-state index is -0.231. The van der Waals surface area contributed by atoms with Crippen LogP contribution in [0.1, 0.15) is 30.1 Å². The van der Waals surface area contributed by atoms with Crippen LogP contribution in [0.2, 0.25) is 0 Å². The predicted octanol–water partition coefficient (Wildman–Crippen LogP) is 5.94. The molecule has 0 heterocycles. The highest BCUT2D eigenvalue weighted by Crippen LogP contribution is 2.48. The van der Waals surface area contributed by atoms with Crippen molar-refractivity contribution in [3.05, 3.63) is 77.6 Å². The van der Waals surface area contributed by atoms with Gasteiger partial charge in [0.05, 0.1) is 14.2 Å². The van der Waals surface area contributed by atoms with E-state index in [1.165, 1.54) is 6.07 Å². The van der Waals surface area contributed by atoms with Crippen LogP contribution in [0.15, 0.2) is 60.7 Å². The second-order valence-electron chi connectivity index (χ2n) is 7.68. The van der Waals surface area contributed by atoms with E-state index in [9.17, 15) is 4.39 Å². The molecule has 0 spiro atoms. The minimum absolute atomic E-state index is 0.161. The summed E-state index contributed by atoms with van der Waals surface area (Å²) >= 11 is 0. The molecule has 0 fully saturated rings. The van der Waals surface area contributed by atoms with Gasteiger partial charge in [-0.2, -0.15) is 0 Å². The summed E-state index contributed by atoms with van der Waals surface area (Å²) in [6.45, 7) is 2.60. The molecule has 32 heavy (non-hydrogen) atoms. The van der Waals surface area contributed by atoms with Crippen LogP contribution in [0.4, 0.5) is 10.1 Å². The van der Waals surface area contributed by atoms with Gasteiger partial charge in [-0.05, 0) is 41.6 Å². The van der Waals surface area contributed by atoms with E-state index in [1.807, 2.05) is 67.5 Å². The molecule has 0 aliphatic carbocycles. The summed E-state index contributed by atoms with van der Waals surface area (Å²) in [5.41, 5.74) is 3.17. The zero-order valence-corrected chi connectivity index (χ0v) is 20.3. The van der Waals surface area contributed by atoms with Gasteiger partial charge < -0.3 is 19.1 Å². The fourth-order valence-electron chi connectivity index (χ4n) is 3.59. The van der Waals surface area contributed by atoms with Crippen molar-refractivity contribution in [1.29, 1.82) is 0 Å². The number of methoxy groups -OCH3 is 2. The van der Waals surface area contributed by atoms with Crippen molar-refractivity contribution in [3.8, 4) is 17.2 Å². The summed E-state index contributed by atoms with van der Waals surface area (Å²) < 4.78 is 31.4. The molecule has 0 aliphatic heterocycles. The van der Waals surface area contributed by atoms with Crippen molar-refractivity contribution in [2.45, 2.75) is 25.6 Å². The molecule has 0 saturated heterocycles. The molecule has 2 unspecified atom stereocenters. The van der Waals surface area contributed by atoms with Crippen molar-refractivity contribution in [3.63, 3.8) is 0 Å². The van der Waals surface area contributed by atoms with Gasteiger partial charge in [0.25, 0.3) is 0 Å². The van der Waals surface area contributed by atoms with E-state index in [1.54, 1.807) is 20.3 Å². The molecule has 2 atom stereocenters. The monoisotopic (exact) mass is 455 g/mol. The lowest BCUT2D eigenvalue weighted by molar-refractivity contribution is 0.279. The number of benzene rings is 3. The summed E-state index contributed by atoms with van der Waals surface area (Å²) in [7, 11) is 7.59. The Hall–Kier alpha value is -2.78. The van der Waals surface area contributed by atoms with Crippen molar-refractivity contribution in [2.24, 2.45) is 0 Å². The van der Waals surface area contributed by atoms with E-state index in [2.05, 4.69) is 6.92 Å². The quantitative estimate of drug-likeness (QED) is 0.354. The fourth-order valence-corrected chi connectivity index (χ4v) is 5.17. The van der Waals surface area contributed by atoms with Gasteiger partial charge in [0.2, 0.25) is 0 Å². The average Bonchev–Trinajstić information content (AvgIpc) is 2.82. The minimum Gasteiger partial charge on any atom is -0.497 e. The molecular weight excluding hydrogens is 424 g/mol. The van der Waals surface area contributed by atoms with Crippen molar-refractivity contribution in [2.75, 3.05) is 33.2 Å². The highest BCUT2D eigenvalue weighted by atomic mass is 31.1. The smallest absolute Gasteiger partial charge is 0.165 e. The van der Waals surface area contributed by atoms with Gasteiger partial charge in [-0.15, -0.1) is 0 Å². The van der Waals surface area contributed by atoms with Crippen LogP contribution in [0, 0.1) is 5.82 Å². The first-order valence-corrected chi connectivity index (χ1v) is 11.7. The van der Waals surface area contributed by atoms with E-state index in [0.717, 1.165) is 40.0 Å². The van der Waals surface area contributed by atoms with Crippen molar-refractivity contribution < 1.29 is 18.6 Å². The van der Waals surface area contributed by atoms with Crippen LogP contribution in [-0.2, 0) is 6.61 Å². The first-order valence-electron chi connectivity index (χ1n) is 10.6. The van der Waals surface area contributed by atoms with Gasteiger partial charge in [-0.25, -0.2) is 4.39 Å². The lowest BCUT2D eigenvalue weighted by Crippen LogP contribution is -2.17. The summed E-state index contributed by atoms with van der Waals surface area (Å²) in [6, 6.07) is 18.9. The molecule has 6 heteroatoms. The molecule has 3 aromatic rings. The van der Waals surface area contributed by atoms with E-state index in [4.69, 9.17) is 14.2 Å². The Morgan fingerprint density at radius 3 is 2.34 bits per heavy atom. The highest BCUT2D eigenvalue weighted by Gasteiger charge is 2.23. The lowest BCUT2D eigenvalue weighted by atomic mass is 10.1. The Morgan fingerprint density at radius 2 is 1.72 bits per heavy atom. The molecule has 4 nitrogen and oxygen atoms in total. The standard InChI is InChI=1S/C26H31FNO3P/c1-6-24(32-25-13-12-19(27)14-22(25)28(2)3)21-15-20(29-4)16-23(30-5)26(21)31-17-18-10-8-7-9-11-18/h7-16,24,32H,6,17H2,1-5H3. The molecule has 3 rings (SSSR count). The summed E-state index contributed by atoms with van der Waals surface area (Å²) in [6.07, 6.45) is 0.890. The predicted molar refractivity (Wildman–Crippen MR) is 132 cm³/mol. The Morgan fingerprint density at radius 1 is 0.969 bits per heavy atom. The zero-order valence-electron chi connectivity index (χ0n) is 19.3. The Balaban J connectivity index is 2.01. The van der Waals surface area contributed by atoms with Gasteiger partial charge >= 0.3 is 0 Å². The number of halogens is 1. The van der Waals surface area contributed by atoms with E-state index < -0.39 is 0 Å². The Kier molecular flexibility index (Phi) is 8.35. The Bertz CT molecular complexity index is 1030. The number of ether oxygens (including phenoxy) is 3. The van der Waals surface area contributed by atoms with E-state index >= 15 is 0 Å².